The van der Waals surface area contributed by atoms with Crippen molar-refractivity contribution in [3.05, 3.63) is 11.9 Å². The maximum absolute atomic E-state index is 11.6. The fourth-order valence-electron chi connectivity index (χ4n) is 1.40. The summed E-state index contributed by atoms with van der Waals surface area (Å²) >= 11 is 0. The third-order valence-corrected chi connectivity index (χ3v) is 2.64. The molecule has 1 amide bonds. The van der Waals surface area contributed by atoms with Gasteiger partial charge in [-0.05, 0) is 13.3 Å². The maximum atomic E-state index is 11.6. The topological polar surface area (TPSA) is 84.1 Å². The standard InChI is InChI=1S/C11H19N5O/c1-4-8-10(12)14-7-15-11(8)13-6-9(17)16(3)5-2/h7H,4-6H2,1-3H3,(H3,12,13,14,15). The predicted molar refractivity (Wildman–Crippen MR) is 67.6 cm³/mol. The molecule has 1 aromatic heterocycles. The average Bonchev–Trinajstić information content (AvgIpc) is 2.34. The number of nitrogens with two attached hydrogens (primary N) is 1. The van der Waals surface area contributed by atoms with Crippen LogP contribution in [0.5, 0.6) is 0 Å². The second kappa shape index (κ2) is 6.03. The summed E-state index contributed by atoms with van der Waals surface area (Å²) in [5.41, 5.74) is 6.58. The van der Waals surface area contributed by atoms with Crippen molar-refractivity contribution in [3.63, 3.8) is 0 Å². The Balaban J connectivity index is 2.69. The molecule has 0 saturated heterocycles. The highest BCUT2D eigenvalue weighted by Crippen LogP contribution is 2.17. The van der Waals surface area contributed by atoms with E-state index in [1.165, 1.54) is 6.33 Å². The van der Waals surface area contributed by atoms with Gasteiger partial charge in [0.25, 0.3) is 0 Å². The quantitative estimate of drug-likeness (QED) is 0.779. The Hall–Kier alpha value is -1.85. The molecule has 0 aromatic carbocycles. The maximum Gasteiger partial charge on any atom is 0.241 e. The zero-order valence-corrected chi connectivity index (χ0v) is 10.5. The first-order valence-corrected chi connectivity index (χ1v) is 5.67. The number of nitrogens with one attached hydrogen (secondary N) is 1. The monoisotopic (exact) mass is 237 g/mol. The molecule has 6 nitrogen and oxygen atoms in total. The molecular weight excluding hydrogens is 218 g/mol. The lowest BCUT2D eigenvalue weighted by molar-refractivity contribution is -0.127. The number of nitrogens with zero attached hydrogens (tertiary/aromatic N) is 3. The van der Waals surface area contributed by atoms with Gasteiger partial charge < -0.3 is 16.0 Å². The molecule has 1 rings (SSSR count). The van der Waals surface area contributed by atoms with E-state index in [-0.39, 0.29) is 12.5 Å². The second-order valence-electron chi connectivity index (χ2n) is 3.70. The van der Waals surface area contributed by atoms with Crippen molar-refractivity contribution in [1.29, 1.82) is 0 Å². The minimum Gasteiger partial charge on any atom is -0.383 e. The fourth-order valence-corrected chi connectivity index (χ4v) is 1.40. The van der Waals surface area contributed by atoms with Crippen LogP contribution in [-0.4, -0.2) is 40.9 Å². The van der Waals surface area contributed by atoms with Crippen molar-refractivity contribution in [1.82, 2.24) is 14.9 Å². The van der Waals surface area contributed by atoms with Gasteiger partial charge in [-0.1, -0.05) is 6.92 Å². The molecule has 94 valence electrons. The Morgan fingerprint density at radius 2 is 2.18 bits per heavy atom. The Morgan fingerprint density at radius 1 is 1.47 bits per heavy atom. The van der Waals surface area contributed by atoms with Gasteiger partial charge in [-0.2, -0.15) is 0 Å². The molecule has 6 heteroatoms. The molecule has 3 N–H and O–H groups in total. The minimum atomic E-state index is 0.0201. The van der Waals surface area contributed by atoms with Gasteiger partial charge in [0.05, 0.1) is 6.54 Å². The zero-order valence-electron chi connectivity index (χ0n) is 10.5. The molecule has 0 aliphatic carbocycles. The summed E-state index contributed by atoms with van der Waals surface area (Å²) in [6, 6.07) is 0. The van der Waals surface area contributed by atoms with Crippen molar-refractivity contribution < 1.29 is 4.79 Å². The van der Waals surface area contributed by atoms with Gasteiger partial charge in [-0.25, -0.2) is 9.97 Å². The Kier molecular flexibility index (Phi) is 4.68. The van der Waals surface area contributed by atoms with Crippen molar-refractivity contribution in [3.8, 4) is 0 Å². The van der Waals surface area contributed by atoms with E-state index >= 15 is 0 Å². The number of nitrogen functional groups attached to an aromatic ring is 1. The minimum absolute atomic E-state index is 0.0201. The summed E-state index contributed by atoms with van der Waals surface area (Å²) < 4.78 is 0. The molecule has 1 heterocycles. The highest BCUT2D eigenvalue weighted by molar-refractivity contribution is 5.80. The van der Waals surface area contributed by atoms with Gasteiger partial charge in [-0.15, -0.1) is 0 Å². The number of hydrogen-bond donors (Lipinski definition) is 2. The largest absolute Gasteiger partial charge is 0.383 e. The Morgan fingerprint density at radius 3 is 2.76 bits per heavy atom. The SMILES string of the molecule is CCc1c(N)ncnc1NCC(=O)N(C)CC. The molecule has 0 fully saturated rings. The first kappa shape index (κ1) is 13.2. The number of carbonyl (C=O) groups is 1. The van der Waals surface area contributed by atoms with Gasteiger partial charge >= 0.3 is 0 Å². The molecule has 0 unspecified atom stereocenters. The first-order chi connectivity index (χ1) is 8.10. The molecule has 0 radical (unpaired) electrons. The van der Waals surface area contributed by atoms with Crippen LogP contribution in [0, 0.1) is 0 Å². The average molecular weight is 237 g/mol. The van der Waals surface area contributed by atoms with Gasteiger partial charge in [0.2, 0.25) is 5.91 Å². The summed E-state index contributed by atoms with van der Waals surface area (Å²) in [6.45, 7) is 4.80. The fraction of sp³-hybridized carbons (Fsp3) is 0.545. The van der Waals surface area contributed by atoms with Crippen LogP contribution in [0.25, 0.3) is 0 Å². The number of carbonyl (C=O) groups excluding carboxylic acids is 1. The summed E-state index contributed by atoms with van der Waals surface area (Å²) in [6.07, 6.45) is 2.12. The normalized spacial score (nSPS) is 10.1. The Bertz CT molecular complexity index is 393. The third-order valence-electron chi connectivity index (χ3n) is 2.64. The van der Waals surface area contributed by atoms with Crippen LogP contribution < -0.4 is 11.1 Å². The van der Waals surface area contributed by atoms with Gasteiger partial charge in [0.1, 0.15) is 18.0 Å². The van der Waals surface area contributed by atoms with Crippen LogP contribution in [-0.2, 0) is 11.2 Å². The number of aromatic nitrogens is 2. The number of hydrogen-bond acceptors (Lipinski definition) is 5. The molecule has 17 heavy (non-hydrogen) atoms. The van der Waals surface area contributed by atoms with E-state index in [1.807, 2.05) is 13.8 Å². The smallest absolute Gasteiger partial charge is 0.241 e. The number of amides is 1. The lowest BCUT2D eigenvalue weighted by Gasteiger charge is -2.16. The molecule has 0 spiro atoms. The van der Waals surface area contributed by atoms with Gasteiger partial charge in [0, 0.05) is 19.2 Å². The summed E-state index contributed by atoms with van der Waals surface area (Å²) in [4.78, 5) is 21.3. The molecule has 0 aliphatic heterocycles. The molecule has 0 atom stereocenters. The van der Waals surface area contributed by atoms with E-state index in [1.54, 1.807) is 11.9 Å². The lowest BCUT2D eigenvalue weighted by atomic mass is 10.2. The Labute approximate surface area is 101 Å². The van der Waals surface area contributed by atoms with Gasteiger partial charge in [-0.3, -0.25) is 4.79 Å². The van der Waals surface area contributed by atoms with E-state index in [9.17, 15) is 4.79 Å². The summed E-state index contributed by atoms with van der Waals surface area (Å²) in [5, 5.41) is 3.00. The number of anilines is 2. The van der Waals surface area contributed by atoms with Crippen LogP contribution in [0.3, 0.4) is 0 Å². The molecule has 0 aliphatic rings. The molecule has 0 bridgehead atoms. The van der Waals surface area contributed by atoms with Crippen molar-refractivity contribution in [2.45, 2.75) is 20.3 Å². The van der Waals surface area contributed by atoms with Crippen molar-refractivity contribution in [2.24, 2.45) is 0 Å². The molecule has 0 saturated carbocycles. The van der Waals surface area contributed by atoms with Crippen LogP contribution in [0.2, 0.25) is 0 Å². The highest BCUT2D eigenvalue weighted by atomic mass is 16.2. The third kappa shape index (κ3) is 3.30. The highest BCUT2D eigenvalue weighted by Gasteiger charge is 2.10. The van der Waals surface area contributed by atoms with Crippen LogP contribution in [0.1, 0.15) is 19.4 Å². The van der Waals surface area contributed by atoms with E-state index in [0.717, 1.165) is 12.0 Å². The van der Waals surface area contributed by atoms with E-state index in [2.05, 4.69) is 15.3 Å². The number of rotatable bonds is 5. The van der Waals surface area contributed by atoms with E-state index in [4.69, 9.17) is 5.73 Å². The van der Waals surface area contributed by atoms with Crippen molar-refractivity contribution in [2.75, 3.05) is 31.2 Å². The molecule has 1 aromatic rings. The van der Waals surface area contributed by atoms with Crippen LogP contribution >= 0.6 is 0 Å². The summed E-state index contributed by atoms with van der Waals surface area (Å²) in [5.74, 6) is 1.12. The number of likely N-dealkylation sites (N-methyl/N-ethyl adjacent to an activating group) is 1. The lowest BCUT2D eigenvalue weighted by Crippen LogP contribution is -2.32. The van der Waals surface area contributed by atoms with Crippen LogP contribution in [0.15, 0.2) is 6.33 Å². The van der Waals surface area contributed by atoms with Crippen molar-refractivity contribution >= 4 is 17.5 Å². The predicted octanol–water partition coefficient (Wildman–Crippen LogP) is 0.511. The van der Waals surface area contributed by atoms with Crippen LogP contribution in [0.4, 0.5) is 11.6 Å². The first-order valence-electron chi connectivity index (χ1n) is 5.67. The van der Waals surface area contributed by atoms with E-state index in [0.29, 0.717) is 18.2 Å². The molecular formula is C11H19N5O. The zero-order chi connectivity index (χ0) is 12.8. The second-order valence-corrected chi connectivity index (χ2v) is 3.70. The van der Waals surface area contributed by atoms with Gasteiger partial charge in [0.15, 0.2) is 0 Å². The van der Waals surface area contributed by atoms with E-state index < -0.39 is 0 Å². The summed E-state index contributed by atoms with van der Waals surface area (Å²) in [7, 11) is 1.76.